The smallest absolute Gasteiger partial charge is 0.0541 e. The number of aromatic nitrogens is 2. The summed E-state index contributed by atoms with van der Waals surface area (Å²) in [5.41, 5.74) is 13.3. The Morgan fingerprint density at radius 3 is 1.22 bits per heavy atom. The molecule has 8 aromatic rings. The van der Waals surface area contributed by atoms with Crippen LogP contribution in [0.25, 0.3) is 66.8 Å². The Morgan fingerprint density at radius 1 is 0.370 bits per heavy atom. The van der Waals surface area contributed by atoms with Crippen LogP contribution in [-0.4, -0.2) is 9.13 Å². The van der Waals surface area contributed by atoms with E-state index in [1.54, 1.807) is 0 Å². The Hall–Kier alpha value is -5.60. The maximum absolute atomic E-state index is 2.42. The second-order valence-electron chi connectivity index (χ2n) is 13.1. The minimum absolute atomic E-state index is 0.100. The first-order valence-corrected chi connectivity index (χ1v) is 16.0. The third kappa shape index (κ3) is 4.93. The molecule has 0 atom stereocenters. The Morgan fingerprint density at radius 2 is 0.783 bits per heavy atom. The molecule has 0 aliphatic heterocycles. The molecule has 0 radical (unpaired) electrons. The number of benzene rings is 6. The summed E-state index contributed by atoms with van der Waals surface area (Å²) in [5.74, 6) is 0. The van der Waals surface area contributed by atoms with Gasteiger partial charge < -0.3 is 9.13 Å². The number of para-hydroxylation sites is 1. The van der Waals surface area contributed by atoms with Gasteiger partial charge in [-0.05, 0) is 81.8 Å². The lowest BCUT2D eigenvalue weighted by Gasteiger charge is -2.20. The van der Waals surface area contributed by atoms with Crippen LogP contribution in [0.3, 0.4) is 0 Å². The van der Waals surface area contributed by atoms with Gasteiger partial charge in [-0.1, -0.05) is 136 Å². The molecular formula is C44H36N2. The minimum atomic E-state index is 0.100. The minimum Gasteiger partial charge on any atom is -0.309 e. The molecule has 0 bridgehead atoms. The van der Waals surface area contributed by atoms with E-state index in [0.29, 0.717) is 0 Å². The van der Waals surface area contributed by atoms with Gasteiger partial charge in [0.05, 0.1) is 22.4 Å². The molecule has 6 aromatic carbocycles. The molecule has 2 heterocycles. The fourth-order valence-corrected chi connectivity index (χ4v) is 6.65. The SMILES string of the molecule is CC(C)(C)c1ccc(-n2c(-c3ccccc3)cc3ccc(-c4ccc5cc(-c6ccccc6)n(-c6ccccc6)c5c4)cc32)cc1. The monoisotopic (exact) mass is 592 g/mol. The molecule has 0 fully saturated rings. The standard InChI is InChI=1S/C44H36N2/c1-44(2,3)37-23-25-39(26-24-37)46-41(32-15-9-5-10-16-32)30-36-22-20-34(28-43(36)46)33-19-21-35-29-40(31-13-7-4-8-14-31)45(42(35)27-33)38-17-11-6-12-18-38/h4-30H,1-3H3. The zero-order chi connectivity index (χ0) is 31.3. The van der Waals surface area contributed by atoms with Gasteiger partial charge in [-0.2, -0.15) is 0 Å². The van der Waals surface area contributed by atoms with E-state index in [1.807, 2.05) is 0 Å². The van der Waals surface area contributed by atoms with E-state index in [-0.39, 0.29) is 5.41 Å². The molecule has 0 saturated carbocycles. The number of hydrogen-bond acceptors (Lipinski definition) is 0. The maximum Gasteiger partial charge on any atom is 0.0541 e. The molecule has 0 aliphatic carbocycles. The zero-order valence-corrected chi connectivity index (χ0v) is 26.5. The first kappa shape index (κ1) is 27.9. The van der Waals surface area contributed by atoms with Gasteiger partial charge in [0.1, 0.15) is 0 Å². The molecule has 222 valence electrons. The predicted octanol–water partition coefficient (Wildman–Crippen LogP) is 11.9. The van der Waals surface area contributed by atoms with Crippen molar-refractivity contribution in [2.24, 2.45) is 0 Å². The molecule has 0 spiro atoms. The number of hydrogen-bond donors (Lipinski definition) is 0. The van der Waals surface area contributed by atoms with Crippen molar-refractivity contribution in [2.45, 2.75) is 26.2 Å². The third-order valence-corrected chi connectivity index (χ3v) is 9.09. The summed E-state index contributed by atoms with van der Waals surface area (Å²) in [5, 5.41) is 2.45. The highest BCUT2D eigenvalue weighted by molar-refractivity contribution is 5.95. The Bertz CT molecular complexity index is 2300. The lowest BCUT2D eigenvalue weighted by atomic mass is 9.87. The highest BCUT2D eigenvalue weighted by Crippen LogP contribution is 2.37. The second kappa shape index (κ2) is 11.1. The van der Waals surface area contributed by atoms with Crippen molar-refractivity contribution in [3.05, 3.63) is 169 Å². The van der Waals surface area contributed by atoms with Crippen LogP contribution < -0.4 is 0 Å². The van der Waals surface area contributed by atoms with Crippen LogP contribution in [0, 0.1) is 0 Å². The summed E-state index contributed by atoms with van der Waals surface area (Å²) < 4.78 is 4.80. The molecule has 2 aromatic heterocycles. The van der Waals surface area contributed by atoms with E-state index in [2.05, 4.69) is 194 Å². The molecule has 46 heavy (non-hydrogen) atoms. The van der Waals surface area contributed by atoms with Crippen LogP contribution in [0.4, 0.5) is 0 Å². The lowest BCUT2D eigenvalue weighted by Crippen LogP contribution is -2.10. The van der Waals surface area contributed by atoms with E-state index < -0.39 is 0 Å². The zero-order valence-electron chi connectivity index (χ0n) is 26.5. The Balaban J connectivity index is 1.32. The molecule has 2 nitrogen and oxygen atoms in total. The van der Waals surface area contributed by atoms with Gasteiger partial charge >= 0.3 is 0 Å². The Labute approximate surface area is 270 Å². The molecule has 0 N–H and O–H groups in total. The van der Waals surface area contributed by atoms with Crippen molar-refractivity contribution in [2.75, 3.05) is 0 Å². The number of rotatable bonds is 5. The summed E-state index contributed by atoms with van der Waals surface area (Å²) in [6.45, 7) is 6.80. The van der Waals surface area contributed by atoms with E-state index in [9.17, 15) is 0 Å². The van der Waals surface area contributed by atoms with Crippen molar-refractivity contribution in [1.82, 2.24) is 9.13 Å². The topological polar surface area (TPSA) is 9.86 Å². The van der Waals surface area contributed by atoms with Gasteiger partial charge in [0.2, 0.25) is 0 Å². The summed E-state index contributed by atoms with van der Waals surface area (Å²) in [6.07, 6.45) is 0. The molecule has 8 rings (SSSR count). The van der Waals surface area contributed by atoms with Crippen LogP contribution in [0.2, 0.25) is 0 Å². The van der Waals surface area contributed by atoms with Gasteiger partial charge in [0.15, 0.2) is 0 Å². The highest BCUT2D eigenvalue weighted by atomic mass is 15.0. The summed E-state index contributed by atoms with van der Waals surface area (Å²) >= 11 is 0. The average molecular weight is 593 g/mol. The molecular weight excluding hydrogens is 556 g/mol. The Kier molecular flexibility index (Phi) is 6.73. The van der Waals surface area contributed by atoms with Crippen LogP contribution >= 0.6 is 0 Å². The summed E-state index contributed by atoms with van der Waals surface area (Å²) in [7, 11) is 0. The van der Waals surface area contributed by atoms with E-state index >= 15 is 0 Å². The second-order valence-corrected chi connectivity index (χ2v) is 13.1. The van der Waals surface area contributed by atoms with Crippen LogP contribution in [-0.2, 0) is 5.41 Å². The van der Waals surface area contributed by atoms with Crippen molar-refractivity contribution < 1.29 is 0 Å². The fraction of sp³-hybridized carbons (Fsp3) is 0.0909. The fourth-order valence-electron chi connectivity index (χ4n) is 6.65. The van der Waals surface area contributed by atoms with E-state index in [1.165, 1.54) is 66.7 Å². The summed E-state index contributed by atoms with van der Waals surface area (Å²) in [4.78, 5) is 0. The van der Waals surface area contributed by atoms with Crippen molar-refractivity contribution in [1.29, 1.82) is 0 Å². The first-order chi connectivity index (χ1) is 22.4. The quantitative estimate of drug-likeness (QED) is 0.188. The van der Waals surface area contributed by atoms with Crippen LogP contribution in [0.5, 0.6) is 0 Å². The molecule has 0 amide bonds. The van der Waals surface area contributed by atoms with Crippen LogP contribution in [0.15, 0.2) is 164 Å². The van der Waals surface area contributed by atoms with Crippen molar-refractivity contribution >= 4 is 21.8 Å². The first-order valence-electron chi connectivity index (χ1n) is 16.0. The number of fused-ring (bicyclic) bond motifs is 2. The largest absolute Gasteiger partial charge is 0.309 e. The van der Waals surface area contributed by atoms with Gasteiger partial charge in [0.25, 0.3) is 0 Å². The maximum atomic E-state index is 2.42. The molecule has 0 aliphatic rings. The highest BCUT2D eigenvalue weighted by Gasteiger charge is 2.18. The average Bonchev–Trinajstić information content (AvgIpc) is 3.67. The van der Waals surface area contributed by atoms with Gasteiger partial charge in [-0.15, -0.1) is 0 Å². The van der Waals surface area contributed by atoms with Crippen molar-refractivity contribution in [3.63, 3.8) is 0 Å². The normalized spacial score (nSPS) is 11.8. The molecule has 0 unspecified atom stereocenters. The molecule has 2 heteroatoms. The van der Waals surface area contributed by atoms with Gasteiger partial charge in [0, 0.05) is 22.1 Å². The summed E-state index contributed by atoms with van der Waals surface area (Å²) in [6, 6.07) is 59.5. The van der Waals surface area contributed by atoms with Crippen molar-refractivity contribution in [3.8, 4) is 45.0 Å². The molecule has 0 saturated heterocycles. The predicted molar refractivity (Wildman–Crippen MR) is 195 cm³/mol. The van der Waals surface area contributed by atoms with E-state index in [4.69, 9.17) is 0 Å². The van der Waals surface area contributed by atoms with Gasteiger partial charge in [-0.25, -0.2) is 0 Å². The third-order valence-electron chi connectivity index (χ3n) is 9.09. The lowest BCUT2D eigenvalue weighted by molar-refractivity contribution is 0.590. The number of nitrogens with zero attached hydrogens (tertiary/aromatic N) is 2. The van der Waals surface area contributed by atoms with E-state index in [0.717, 1.165) is 5.69 Å². The van der Waals surface area contributed by atoms with Gasteiger partial charge in [-0.3, -0.25) is 0 Å². The van der Waals surface area contributed by atoms with Crippen LogP contribution in [0.1, 0.15) is 26.3 Å².